The van der Waals surface area contributed by atoms with E-state index in [1.165, 1.54) is 31.2 Å². The number of nitrogens with one attached hydrogen (secondary N) is 2. The summed E-state index contributed by atoms with van der Waals surface area (Å²) in [5.41, 5.74) is 1.76. The molecule has 0 saturated carbocycles. The number of carbonyl (C=O) groups excluding carboxylic acids is 2. The number of ketones is 1. The summed E-state index contributed by atoms with van der Waals surface area (Å²) in [7, 11) is 1.41. The molecule has 12 nitrogen and oxygen atoms in total. The molecule has 0 spiro atoms. The van der Waals surface area contributed by atoms with Crippen LogP contribution in [0.5, 0.6) is 0 Å². The standard InChI is InChI=1S/C19H21N7O5/c1-9(27)11-5-3-4-10(25-11)6-21-16-12-17(23-7-22-16)26(8-24-12)19-14(29)13(28)15(31-19)18(30)20-2/h3-5,7-8,13-15,19,28-29H,6H2,1-2H3,(H,20,30)(H,21,22,23)/t13-,14+,15-,19+/m0/s1. The van der Waals surface area contributed by atoms with Crippen LogP contribution in [-0.2, 0) is 16.1 Å². The highest BCUT2D eigenvalue weighted by molar-refractivity contribution is 5.92. The molecule has 0 unspecified atom stereocenters. The van der Waals surface area contributed by atoms with Gasteiger partial charge in [-0.3, -0.25) is 14.2 Å². The van der Waals surface area contributed by atoms with Crippen LogP contribution in [-0.4, -0.2) is 71.8 Å². The highest BCUT2D eigenvalue weighted by Gasteiger charge is 2.47. The third-order valence-electron chi connectivity index (χ3n) is 4.98. The maximum Gasteiger partial charge on any atom is 0.251 e. The molecule has 0 bridgehead atoms. The van der Waals surface area contributed by atoms with Gasteiger partial charge in [0.25, 0.3) is 5.91 Å². The Bertz CT molecular complexity index is 1130. The molecule has 3 aromatic heterocycles. The molecule has 4 heterocycles. The lowest BCUT2D eigenvalue weighted by Crippen LogP contribution is -2.41. The number of likely N-dealkylation sites (N-methyl/N-ethyl adjacent to an activating group) is 1. The number of Topliss-reactive ketones (excluding diaryl/α,β-unsaturated/α-hetero) is 1. The number of anilines is 1. The number of rotatable bonds is 6. The van der Waals surface area contributed by atoms with Gasteiger partial charge in [-0.2, -0.15) is 0 Å². The Morgan fingerprint density at radius 3 is 2.74 bits per heavy atom. The fourth-order valence-electron chi connectivity index (χ4n) is 3.36. The van der Waals surface area contributed by atoms with Crippen LogP contribution in [0.3, 0.4) is 0 Å². The minimum Gasteiger partial charge on any atom is -0.387 e. The number of fused-ring (bicyclic) bond motifs is 1. The van der Waals surface area contributed by atoms with Crippen molar-refractivity contribution in [3.63, 3.8) is 0 Å². The number of amides is 1. The minimum atomic E-state index is -1.40. The molecule has 0 aromatic carbocycles. The first-order valence-corrected chi connectivity index (χ1v) is 9.52. The summed E-state index contributed by atoms with van der Waals surface area (Å²) >= 11 is 0. The quantitative estimate of drug-likeness (QED) is 0.373. The van der Waals surface area contributed by atoms with Gasteiger partial charge in [-0.05, 0) is 12.1 Å². The third-order valence-corrected chi connectivity index (χ3v) is 4.98. The molecule has 12 heteroatoms. The Kier molecular flexibility index (Phi) is 5.59. The van der Waals surface area contributed by atoms with Crippen molar-refractivity contribution in [3.05, 3.63) is 42.2 Å². The molecule has 1 aliphatic rings. The lowest BCUT2D eigenvalue weighted by atomic mass is 10.1. The first-order chi connectivity index (χ1) is 14.9. The van der Waals surface area contributed by atoms with E-state index in [0.29, 0.717) is 34.9 Å². The Balaban J connectivity index is 1.58. The zero-order valence-electron chi connectivity index (χ0n) is 16.8. The Morgan fingerprint density at radius 2 is 2.00 bits per heavy atom. The SMILES string of the molecule is CNC(=O)[C@H]1O[C@@H](n2cnc3c(NCc4cccc(C(C)=O)n4)ncnc32)[C@H](O)[C@@H]1O. The van der Waals surface area contributed by atoms with Gasteiger partial charge in [0.15, 0.2) is 35.1 Å². The predicted octanol–water partition coefficient (Wildman–Crippen LogP) is -0.599. The molecule has 0 radical (unpaired) electrons. The first kappa shape index (κ1) is 20.8. The van der Waals surface area contributed by atoms with Crippen molar-refractivity contribution in [1.82, 2.24) is 29.8 Å². The van der Waals surface area contributed by atoms with Crippen LogP contribution in [0.1, 0.15) is 29.3 Å². The van der Waals surface area contributed by atoms with Gasteiger partial charge in [-0.1, -0.05) is 6.07 Å². The van der Waals surface area contributed by atoms with Gasteiger partial charge in [0.2, 0.25) is 0 Å². The van der Waals surface area contributed by atoms with Crippen molar-refractivity contribution in [2.75, 3.05) is 12.4 Å². The molecule has 31 heavy (non-hydrogen) atoms. The summed E-state index contributed by atoms with van der Waals surface area (Å²) in [5, 5.41) is 26.1. The number of aliphatic hydroxyl groups excluding tert-OH is 2. The van der Waals surface area contributed by atoms with Crippen LogP contribution in [0.25, 0.3) is 11.2 Å². The zero-order valence-corrected chi connectivity index (χ0v) is 16.8. The van der Waals surface area contributed by atoms with E-state index >= 15 is 0 Å². The van der Waals surface area contributed by atoms with Crippen LogP contribution in [0.15, 0.2) is 30.9 Å². The monoisotopic (exact) mass is 427 g/mol. The Labute approximate surface area is 176 Å². The number of ether oxygens (including phenoxy) is 1. The molecular weight excluding hydrogens is 406 g/mol. The van der Waals surface area contributed by atoms with Crippen LogP contribution in [0, 0.1) is 0 Å². The summed E-state index contributed by atoms with van der Waals surface area (Å²) in [4.78, 5) is 40.4. The van der Waals surface area contributed by atoms with E-state index in [4.69, 9.17) is 4.74 Å². The van der Waals surface area contributed by atoms with Gasteiger partial charge >= 0.3 is 0 Å². The van der Waals surface area contributed by atoms with Gasteiger partial charge in [0.1, 0.15) is 24.2 Å². The van der Waals surface area contributed by atoms with E-state index in [9.17, 15) is 19.8 Å². The maximum absolute atomic E-state index is 11.9. The molecule has 3 aromatic rings. The van der Waals surface area contributed by atoms with E-state index < -0.39 is 30.4 Å². The van der Waals surface area contributed by atoms with E-state index in [2.05, 4.69) is 30.6 Å². The molecule has 1 amide bonds. The van der Waals surface area contributed by atoms with Gasteiger partial charge in [0.05, 0.1) is 18.6 Å². The minimum absolute atomic E-state index is 0.127. The average Bonchev–Trinajstić information content (AvgIpc) is 3.33. The molecule has 1 aliphatic heterocycles. The summed E-state index contributed by atoms with van der Waals surface area (Å²) in [6.45, 7) is 1.74. The average molecular weight is 427 g/mol. The Morgan fingerprint density at radius 1 is 1.19 bits per heavy atom. The highest BCUT2D eigenvalue weighted by Crippen LogP contribution is 2.32. The van der Waals surface area contributed by atoms with Gasteiger partial charge < -0.3 is 25.6 Å². The second kappa shape index (κ2) is 8.34. The maximum atomic E-state index is 11.9. The van der Waals surface area contributed by atoms with E-state index in [-0.39, 0.29) is 5.78 Å². The van der Waals surface area contributed by atoms with Gasteiger partial charge in [-0.25, -0.2) is 19.9 Å². The topological polar surface area (TPSA) is 164 Å². The fourth-order valence-corrected chi connectivity index (χ4v) is 3.36. The van der Waals surface area contributed by atoms with Crippen molar-refractivity contribution in [3.8, 4) is 0 Å². The van der Waals surface area contributed by atoms with E-state index in [0.717, 1.165) is 0 Å². The molecule has 162 valence electrons. The van der Waals surface area contributed by atoms with E-state index in [1.807, 2.05) is 0 Å². The Hall–Kier alpha value is -3.48. The molecule has 0 aliphatic carbocycles. The number of imidazole rings is 1. The number of carbonyl (C=O) groups is 2. The van der Waals surface area contributed by atoms with Crippen LogP contribution in [0.4, 0.5) is 5.82 Å². The number of hydrogen-bond acceptors (Lipinski definition) is 10. The van der Waals surface area contributed by atoms with Crippen molar-refractivity contribution >= 4 is 28.7 Å². The largest absolute Gasteiger partial charge is 0.387 e. The number of pyridine rings is 1. The smallest absolute Gasteiger partial charge is 0.251 e. The van der Waals surface area contributed by atoms with Crippen LogP contribution >= 0.6 is 0 Å². The second-order valence-electron chi connectivity index (χ2n) is 7.01. The van der Waals surface area contributed by atoms with Gasteiger partial charge in [0, 0.05) is 14.0 Å². The van der Waals surface area contributed by atoms with Crippen molar-refractivity contribution in [2.24, 2.45) is 0 Å². The molecule has 1 saturated heterocycles. The molecule has 4 rings (SSSR count). The molecular formula is C19H21N7O5. The number of aliphatic hydroxyl groups is 2. The highest BCUT2D eigenvalue weighted by atomic mass is 16.6. The lowest BCUT2D eigenvalue weighted by molar-refractivity contribution is -0.137. The van der Waals surface area contributed by atoms with Gasteiger partial charge in [-0.15, -0.1) is 0 Å². The number of hydrogen-bond donors (Lipinski definition) is 4. The third kappa shape index (κ3) is 3.83. The van der Waals surface area contributed by atoms with Crippen molar-refractivity contribution < 1.29 is 24.5 Å². The summed E-state index contributed by atoms with van der Waals surface area (Å²) < 4.78 is 7.02. The normalized spacial score (nSPS) is 23.1. The molecule has 4 N–H and O–H groups in total. The second-order valence-corrected chi connectivity index (χ2v) is 7.01. The lowest BCUT2D eigenvalue weighted by Gasteiger charge is -2.16. The first-order valence-electron chi connectivity index (χ1n) is 9.52. The van der Waals surface area contributed by atoms with E-state index in [1.54, 1.807) is 18.2 Å². The van der Waals surface area contributed by atoms with Crippen molar-refractivity contribution in [2.45, 2.75) is 38.0 Å². The summed E-state index contributed by atoms with van der Waals surface area (Å²) in [6.07, 6.45) is -2.33. The van der Waals surface area contributed by atoms with Crippen molar-refractivity contribution in [1.29, 1.82) is 0 Å². The van der Waals surface area contributed by atoms with Crippen LogP contribution < -0.4 is 10.6 Å². The summed E-state index contributed by atoms with van der Waals surface area (Å²) in [5.74, 6) is -0.261. The fraction of sp³-hybridized carbons (Fsp3) is 0.368. The number of nitrogens with zero attached hydrogens (tertiary/aromatic N) is 5. The predicted molar refractivity (Wildman–Crippen MR) is 107 cm³/mol. The van der Waals surface area contributed by atoms with Crippen LogP contribution in [0.2, 0.25) is 0 Å². The summed E-state index contributed by atoms with van der Waals surface area (Å²) in [6, 6.07) is 5.17. The molecule has 1 fully saturated rings. The zero-order chi connectivity index (χ0) is 22.1. The number of aromatic nitrogens is 5. The molecule has 4 atom stereocenters.